The van der Waals surface area contributed by atoms with Gasteiger partial charge in [0.25, 0.3) is 5.56 Å². The highest BCUT2D eigenvalue weighted by Gasteiger charge is 2.28. The van der Waals surface area contributed by atoms with Gasteiger partial charge in [0.2, 0.25) is 5.91 Å². The number of hydrogen-bond donors (Lipinski definition) is 1. The molecule has 3 aromatic rings. The number of aromatic nitrogens is 3. The van der Waals surface area contributed by atoms with Crippen molar-refractivity contribution in [2.24, 2.45) is 0 Å². The van der Waals surface area contributed by atoms with Gasteiger partial charge in [-0.05, 0) is 18.4 Å². The third kappa shape index (κ3) is 3.88. The molecule has 2 aromatic heterocycles. The minimum atomic E-state index is -0.755. The summed E-state index contributed by atoms with van der Waals surface area (Å²) in [5.41, 5.74) is -0.639. The lowest BCUT2D eigenvalue weighted by Gasteiger charge is -2.18. The van der Waals surface area contributed by atoms with Gasteiger partial charge in [-0.2, -0.15) is 5.26 Å². The molecule has 2 heterocycles. The summed E-state index contributed by atoms with van der Waals surface area (Å²) in [6.45, 7) is -0.464. The van der Waals surface area contributed by atoms with E-state index >= 15 is 0 Å². The van der Waals surface area contributed by atoms with Gasteiger partial charge >= 0.3 is 5.69 Å². The number of benzene rings is 1. The van der Waals surface area contributed by atoms with Crippen molar-refractivity contribution in [2.75, 3.05) is 0 Å². The van der Waals surface area contributed by atoms with Crippen LogP contribution in [0.25, 0.3) is 0 Å². The van der Waals surface area contributed by atoms with Gasteiger partial charge in [0.05, 0.1) is 0 Å². The topological polar surface area (TPSA) is 110 Å². The van der Waals surface area contributed by atoms with Crippen LogP contribution < -0.4 is 16.6 Å². The second kappa shape index (κ2) is 7.85. The van der Waals surface area contributed by atoms with Gasteiger partial charge in [0.1, 0.15) is 29.2 Å². The lowest BCUT2D eigenvalue weighted by molar-refractivity contribution is -0.122. The normalized spacial score (nSPS) is 14.2. The molecule has 1 atom stereocenters. The standard InChI is InChI=1S/C20H17N5O3S/c21-10-14-11-24(15-6-7-15)20(28)25(19(14)27)12-16(26)23-17(18-22-8-9-29-18)13-4-2-1-3-5-13/h1-5,8-9,11,15,17H,6-7,12H2,(H,23,26). The number of nitriles is 1. The van der Waals surface area contributed by atoms with Gasteiger partial charge in [0.15, 0.2) is 0 Å². The van der Waals surface area contributed by atoms with Gasteiger partial charge in [-0.3, -0.25) is 14.2 Å². The van der Waals surface area contributed by atoms with Gasteiger partial charge in [0, 0.05) is 23.8 Å². The number of carbonyl (C=O) groups excluding carboxylic acids is 1. The molecule has 1 aliphatic rings. The molecule has 0 radical (unpaired) electrons. The average molecular weight is 407 g/mol. The molecule has 9 heteroatoms. The summed E-state index contributed by atoms with van der Waals surface area (Å²) in [5, 5.41) is 14.6. The van der Waals surface area contributed by atoms with Gasteiger partial charge < -0.3 is 5.32 Å². The van der Waals surface area contributed by atoms with E-state index in [2.05, 4.69) is 10.3 Å². The number of thiazole rings is 1. The van der Waals surface area contributed by atoms with E-state index in [1.54, 1.807) is 6.20 Å². The van der Waals surface area contributed by atoms with E-state index in [1.807, 2.05) is 41.8 Å². The summed E-state index contributed by atoms with van der Waals surface area (Å²) >= 11 is 1.40. The van der Waals surface area contributed by atoms with Crippen LogP contribution in [0.15, 0.2) is 57.7 Å². The third-order valence-electron chi connectivity index (χ3n) is 4.69. The molecule has 146 valence electrons. The van der Waals surface area contributed by atoms with Crippen LogP contribution in [-0.4, -0.2) is 20.0 Å². The fourth-order valence-electron chi connectivity index (χ4n) is 3.11. The molecule has 8 nitrogen and oxygen atoms in total. The molecule has 29 heavy (non-hydrogen) atoms. The zero-order chi connectivity index (χ0) is 20.4. The summed E-state index contributed by atoms with van der Waals surface area (Å²) in [6, 6.07) is 10.6. The van der Waals surface area contributed by atoms with Crippen LogP contribution in [-0.2, 0) is 11.3 Å². The molecule has 1 fully saturated rings. The van der Waals surface area contributed by atoms with E-state index in [0.717, 1.165) is 23.0 Å². The minimum absolute atomic E-state index is 0.0168. The van der Waals surface area contributed by atoms with Crippen LogP contribution >= 0.6 is 11.3 Å². The predicted molar refractivity (Wildman–Crippen MR) is 106 cm³/mol. The highest BCUT2D eigenvalue weighted by molar-refractivity contribution is 7.09. The minimum Gasteiger partial charge on any atom is -0.341 e. The molecule has 0 bridgehead atoms. The largest absolute Gasteiger partial charge is 0.341 e. The molecule has 0 aliphatic heterocycles. The number of amides is 1. The van der Waals surface area contributed by atoms with Crippen molar-refractivity contribution in [3.05, 3.63) is 85.1 Å². The molecular weight excluding hydrogens is 390 g/mol. The number of nitrogens with one attached hydrogen (secondary N) is 1. The Morgan fingerprint density at radius 1 is 1.31 bits per heavy atom. The Morgan fingerprint density at radius 2 is 2.07 bits per heavy atom. The van der Waals surface area contributed by atoms with Gasteiger partial charge in [-0.15, -0.1) is 11.3 Å². The van der Waals surface area contributed by atoms with E-state index in [4.69, 9.17) is 0 Å². The van der Waals surface area contributed by atoms with Crippen molar-refractivity contribution in [3.63, 3.8) is 0 Å². The maximum atomic E-state index is 12.8. The third-order valence-corrected chi connectivity index (χ3v) is 5.53. The maximum absolute atomic E-state index is 12.8. The number of nitrogens with zero attached hydrogens (tertiary/aromatic N) is 4. The van der Waals surface area contributed by atoms with E-state index in [9.17, 15) is 19.6 Å². The van der Waals surface area contributed by atoms with Crippen molar-refractivity contribution in [1.29, 1.82) is 5.26 Å². The first-order valence-electron chi connectivity index (χ1n) is 9.08. The van der Waals surface area contributed by atoms with Crippen LogP contribution in [0.1, 0.15) is 41.1 Å². The predicted octanol–water partition coefficient (Wildman–Crippen LogP) is 1.58. The number of rotatable bonds is 6. The maximum Gasteiger partial charge on any atom is 0.331 e. The number of carbonyl (C=O) groups is 1. The summed E-state index contributed by atoms with van der Waals surface area (Å²) in [7, 11) is 0. The molecular formula is C20H17N5O3S. The lowest BCUT2D eigenvalue weighted by atomic mass is 10.1. The van der Waals surface area contributed by atoms with Crippen LogP contribution in [0.3, 0.4) is 0 Å². The zero-order valence-electron chi connectivity index (χ0n) is 15.3. The van der Waals surface area contributed by atoms with Crippen molar-refractivity contribution < 1.29 is 4.79 Å². The van der Waals surface area contributed by atoms with E-state index in [0.29, 0.717) is 5.01 Å². The van der Waals surface area contributed by atoms with Crippen LogP contribution in [0.5, 0.6) is 0 Å². The first-order chi connectivity index (χ1) is 14.1. The van der Waals surface area contributed by atoms with Crippen molar-refractivity contribution in [1.82, 2.24) is 19.4 Å². The molecule has 1 aliphatic carbocycles. The van der Waals surface area contributed by atoms with Crippen molar-refractivity contribution in [3.8, 4) is 6.07 Å². The van der Waals surface area contributed by atoms with Gasteiger partial charge in [-0.25, -0.2) is 14.3 Å². The molecule has 1 saturated carbocycles. The summed E-state index contributed by atoms with van der Waals surface area (Å²) < 4.78 is 2.21. The highest BCUT2D eigenvalue weighted by Crippen LogP contribution is 2.33. The van der Waals surface area contributed by atoms with Crippen LogP contribution in [0, 0.1) is 11.3 Å². The Hall–Kier alpha value is -3.51. The zero-order valence-corrected chi connectivity index (χ0v) is 16.1. The first-order valence-corrected chi connectivity index (χ1v) is 9.96. The van der Waals surface area contributed by atoms with Crippen molar-refractivity contribution in [2.45, 2.75) is 31.5 Å². The summed E-state index contributed by atoms with van der Waals surface area (Å²) in [5.74, 6) is -0.509. The molecule has 4 rings (SSSR count). The van der Waals surface area contributed by atoms with E-state index < -0.39 is 29.7 Å². The highest BCUT2D eigenvalue weighted by atomic mass is 32.1. The van der Waals surface area contributed by atoms with E-state index in [1.165, 1.54) is 22.1 Å². The lowest BCUT2D eigenvalue weighted by Crippen LogP contribution is -2.45. The first kappa shape index (κ1) is 18.8. The Kier molecular flexibility index (Phi) is 5.10. The Morgan fingerprint density at radius 3 is 2.69 bits per heavy atom. The quantitative estimate of drug-likeness (QED) is 0.667. The molecule has 1 amide bonds. The smallest absolute Gasteiger partial charge is 0.331 e. The van der Waals surface area contributed by atoms with Crippen LogP contribution in [0.4, 0.5) is 0 Å². The molecule has 1 aromatic carbocycles. The SMILES string of the molecule is N#Cc1cn(C2CC2)c(=O)n(CC(=O)NC(c2ccccc2)c2nccs2)c1=O. The summed E-state index contributed by atoms with van der Waals surface area (Å²) in [4.78, 5) is 42.2. The van der Waals surface area contributed by atoms with Gasteiger partial charge in [-0.1, -0.05) is 30.3 Å². The monoisotopic (exact) mass is 407 g/mol. The summed E-state index contributed by atoms with van der Waals surface area (Å²) in [6.07, 6.45) is 4.57. The van der Waals surface area contributed by atoms with E-state index in [-0.39, 0.29) is 11.6 Å². The van der Waals surface area contributed by atoms with Crippen LogP contribution in [0.2, 0.25) is 0 Å². The second-order valence-electron chi connectivity index (χ2n) is 6.75. The molecule has 1 N–H and O–H groups in total. The Balaban J connectivity index is 1.64. The Bertz CT molecular complexity index is 1190. The average Bonchev–Trinajstić information content (AvgIpc) is 3.43. The number of hydrogen-bond acceptors (Lipinski definition) is 6. The fourth-order valence-corrected chi connectivity index (χ4v) is 3.83. The molecule has 1 unspecified atom stereocenters. The molecule has 0 saturated heterocycles. The Labute approximate surface area is 169 Å². The molecule has 0 spiro atoms. The van der Waals surface area contributed by atoms with Crippen molar-refractivity contribution >= 4 is 17.2 Å². The fraction of sp³-hybridized carbons (Fsp3) is 0.250. The second-order valence-corrected chi connectivity index (χ2v) is 7.67.